The predicted octanol–water partition coefficient (Wildman–Crippen LogP) is 3.28. The average molecular weight is 297 g/mol. The number of rotatable bonds is 4. The summed E-state index contributed by atoms with van der Waals surface area (Å²) in [5.41, 5.74) is 1.67. The molecule has 22 heavy (non-hydrogen) atoms. The van der Waals surface area contributed by atoms with E-state index in [9.17, 15) is 0 Å². The Balaban J connectivity index is 2.09. The monoisotopic (exact) mass is 297 g/mol. The number of nitriles is 1. The highest BCUT2D eigenvalue weighted by atomic mass is 16.7. The molecule has 0 saturated carbocycles. The maximum Gasteiger partial charge on any atom is 0.494 e. The van der Waals surface area contributed by atoms with Gasteiger partial charge in [-0.15, -0.1) is 0 Å². The van der Waals surface area contributed by atoms with Crippen molar-refractivity contribution in [3.05, 3.63) is 29.8 Å². The summed E-state index contributed by atoms with van der Waals surface area (Å²) in [4.78, 5) is 0. The highest BCUT2D eigenvalue weighted by Gasteiger charge is 2.51. The molecular formula is C17H25B2NO2. The number of hydrogen-bond donors (Lipinski definition) is 0. The summed E-state index contributed by atoms with van der Waals surface area (Å²) >= 11 is 0. The normalized spacial score (nSPS) is 20.5. The van der Waals surface area contributed by atoms with Gasteiger partial charge in [0, 0.05) is 5.97 Å². The van der Waals surface area contributed by atoms with Crippen LogP contribution in [-0.4, -0.2) is 25.0 Å². The Bertz CT molecular complexity index is 547. The van der Waals surface area contributed by atoms with Crippen LogP contribution in [-0.2, 0) is 9.31 Å². The van der Waals surface area contributed by atoms with Gasteiger partial charge in [-0.2, -0.15) is 0 Å². The number of hydrogen-bond acceptors (Lipinski definition) is 3. The van der Waals surface area contributed by atoms with Crippen molar-refractivity contribution in [3.63, 3.8) is 0 Å². The van der Waals surface area contributed by atoms with E-state index in [1.54, 1.807) is 0 Å². The fraction of sp³-hybridized carbons (Fsp3) is 0.588. The van der Waals surface area contributed by atoms with Crippen molar-refractivity contribution in [2.24, 2.45) is 0 Å². The fourth-order valence-electron chi connectivity index (χ4n) is 2.68. The Labute approximate surface area is 135 Å². The summed E-state index contributed by atoms with van der Waals surface area (Å²) < 4.78 is 12.1. The maximum absolute atomic E-state index is 8.93. The molecule has 0 spiro atoms. The van der Waals surface area contributed by atoms with Crippen molar-refractivity contribution in [3.8, 4) is 5.97 Å². The van der Waals surface area contributed by atoms with Gasteiger partial charge in [-0.05, 0) is 44.6 Å². The molecule has 1 saturated heterocycles. The standard InChI is InChI=1S/C17H25B2NO2/c1-13(11-18(6)12-20)14-7-9-15(10-8-14)19-21-16(2,3)17(4,5)22-19/h7-10,13H,11H2,1-6H3. The zero-order valence-electron chi connectivity index (χ0n) is 14.5. The fourth-order valence-corrected chi connectivity index (χ4v) is 2.68. The van der Waals surface area contributed by atoms with Crippen molar-refractivity contribution in [2.75, 3.05) is 0 Å². The zero-order chi connectivity index (χ0) is 16.5. The minimum atomic E-state index is -0.314. The van der Waals surface area contributed by atoms with E-state index >= 15 is 0 Å². The van der Waals surface area contributed by atoms with Gasteiger partial charge in [0.15, 0.2) is 0 Å². The second kappa shape index (κ2) is 6.10. The lowest BCUT2D eigenvalue weighted by molar-refractivity contribution is 0.00578. The van der Waals surface area contributed by atoms with Gasteiger partial charge in [0.25, 0.3) is 6.71 Å². The third-order valence-electron chi connectivity index (χ3n) is 4.96. The third-order valence-corrected chi connectivity index (χ3v) is 4.96. The lowest BCUT2D eigenvalue weighted by atomic mass is 9.48. The Morgan fingerprint density at radius 1 is 1.14 bits per heavy atom. The van der Waals surface area contributed by atoms with Crippen LogP contribution in [0.15, 0.2) is 24.3 Å². The molecule has 0 aliphatic carbocycles. The molecule has 0 N–H and O–H groups in total. The van der Waals surface area contributed by atoms with E-state index in [1.807, 2.05) is 6.82 Å². The summed E-state index contributed by atoms with van der Waals surface area (Å²) in [7, 11) is -0.313. The topological polar surface area (TPSA) is 42.2 Å². The zero-order valence-corrected chi connectivity index (χ0v) is 14.5. The van der Waals surface area contributed by atoms with Crippen LogP contribution in [0.4, 0.5) is 0 Å². The molecule has 0 bridgehead atoms. The molecule has 1 aromatic carbocycles. The molecule has 1 aromatic rings. The first kappa shape index (κ1) is 17.1. The summed E-state index contributed by atoms with van der Waals surface area (Å²) in [6.07, 6.45) is 0.881. The van der Waals surface area contributed by atoms with Crippen LogP contribution < -0.4 is 5.46 Å². The second-order valence-electron chi connectivity index (χ2n) is 7.42. The Kier molecular flexibility index (Phi) is 4.75. The van der Waals surface area contributed by atoms with Gasteiger partial charge < -0.3 is 9.31 Å². The summed E-state index contributed by atoms with van der Waals surface area (Å²) in [5, 5.41) is 8.93. The number of nitrogens with zero attached hydrogens (tertiary/aromatic N) is 1. The van der Waals surface area contributed by atoms with E-state index in [0.717, 1.165) is 11.8 Å². The molecule has 3 nitrogen and oxygen atoms in total. The molecule has 1 fully saturated rings. The van der Waals surface area contributed by atoms with Gasteiger partial charge in [0.05, 0.1) is 11.2 Å². The molecule has 116 valence electrons. The van der Waals surface area contributed by atoms with Gasteiger partial charge in [0.2, 0.25) is 0 Å². The Hall–Kier alpha value is -1.24. The van der Waals surface area contributed by atoms with Gasteiger partial charge >= 0.3 is 7.12 Å². The quantitative estimate of drug-likeness (QED) is 0.801. The summed E-state index contributed by atoms with van der Waals surface area (Å²) in [6.45, 7) is 12.5. The van der Waals surface area contributed by atoms with Gasteiger partial charge in [-0.25, -0.2) is 5.26 Å². The van der Waals surface area contributed by atoms with E-state index in [1.165, 1.54) is 5.56 Å². The first-order valence-corrected chi connectivity index (χ1v) is 8.01. The van der Waals surface area contributed by atoms with Crippen molar-refractivity contribution in [2.45, 2.75) is 64.9 Å². The lowest BCUT2D eigenvalue weighted by Gasteiger charge is -2.32. The first-order chi connectivity index (χ1) is 10.2. The van der Waals surface area contributed by atoms with Crippen molar-refractivity contribution in [1.29, 1.82) is 5.26 Å². The van der Waals surface area contributed by atoms with E-state index in [2.05, 4.69) is 64.9 Å². The van der Waals surface area contributed by atoms with Gasteiger partial charge in [0.1, 0.15) is 0 Å². The van der Waals surface area contributed by atoms with Crippen LogP contribution in [0.25, 0.3) is 0 Å². The molecule has 0 amide bonds. The van der Waals surface area contributed by atoms with Gasteiger partial charge in [-0.1, -0.05) is 44.3 Å². The molecule has 1 heterocycles. The molecule has 1 unspecified atom stereocenters. The van der Waals surface area contributed by atoms with Crippen LogP contribution >= 0.6 is 0 Å². The smallest absolute Gasteiger partial charge is 0.399 e. The second-order valence-corrected chi connectivity index (χ2v) is 7.42. The Morgan fingerprint density at radius 3 is 2.09 bits per heavy atom. The molecule has 2 rings (SSSR count). The highest BCUT2D eigenvalue weighted by Crippen LogP contribution is 2.36. The molecule has 0 radical (unpaired) electrons. The van der Waals surface area contributed by atoms with Crippen molar-refractivity contribution >= 4 is 19.3 Å². The van der Waals surface area contributed by atoms with Crippen LogP contribution in [0.1, 0.15) is 46.1 Å². The number of benzene rings is 1. The molecule has 1 aliphatic heterocycles. The van der Waals surface area contributed by atoms with E-state index in [0.29, 0.717) is 5.92 Å². The van der Waals surface area contributed by atoms with Gasteiger partial charge in [-0.3, -0.25) is 0 Å². The molecule has 0 aromatic heterocycles. The molecular weight excluding hydrogens is 272 g/mol. The van der Waals surface area contributed by atoms with Crippen molar-refractivity contribution in [1.82, 2.24) is 0 Å². The van der Waals surface area contributed by atoms with Crippen LogP contribution in [0.3, 0.4) is 0 Å². The van der Waals surface area contributed by atoms with Crippen molar-refractivity contribution < 1.29 is 9.31 Å². The minimum Gasteiger partial charge on any atom is -0.399 e. The van der Waals surface area contributed by atoms with E-state index in [4.69, 9.17) is 14.6 Å². The molecule has 1 atom stereocenters. The van der Waals surface area contributed by atoms with Crippen LogP contribution in [0.2, 0.25) is 13.1 Å². The first-order valence-electron chi connectivity index (χ1n) is 8.01. The van der Waals surface area contributed by atoms with E-state index in [-0.39, 0.29) is 25.0 Å². The summed E-state index contributed by atoms with van der Waals surface area (Å²) in [6, 6.07) is 8.39. The lowest BCUT2D eigenvalue weighted by Crippen LogP contribution is -2.41. The largest absolute Gasteiger partial charge is 0.494 e. The van der Waals surface area contributed by atoms with Crippen LogP contribution in [0, 0.1) is 11.2 Å². The maximum atomic E-state index is 8.93. The summed E-state index contributed by atoms with van der Waals surface area (Å²) in [5.74, 6) is 2.68. The Morgan fingerprint density at radius 2 is 1.64 bits per heavy atom. The molecule has 1 aliphatic rings. The van der Waals surface area contributed by atoms with Crippen LogP contribution in [0.5, 0.6) is 0 Å². The SMILES string of the molecule is CB(C#N)CC(C)c1ccc(B2OC(C)(C)C(C)(C)O2)cc1. The average Bonchev–Trinajstić information content (AvgIpc) is 2.67. The minimum absolute atomic E-state index is 0.0813. The van der Waals surface area contributed by atoms with E-state index < -0.39 is 0 Å². The third kappa shape index (κ3) is 3.39. The molecule has 5 heteroatoms. The highest BCUT2D eigenvalue weighted by molar-refractivity contribution is 6.65. The predicted molar refractivity (Wildman–Crippen MR) is 92.6 cm³/mol.